The number of aromatic nitrogens is 3. The number of rotatable bonds is 5. The van der Waals surface area contributed by atoms with Gasteiger partial charge in [-0.2, -0.15) is 4.98 Å². The van der Waals surface area contributed by atoms with E-state index in [2.05, 4.69) is 30.6 Å². The van der Waals surface area contributed by atoms with Gasteiger partial charge in [-0.3, -0.25) is 4.79 Å². The Hall–Kier alpha value is -3.94. The molecule has 1 aliphatic heterocycles. The first-order chi connectivity index (χ1) is 13.6. The highest BCUT2D eigenvalue weighted by atomic mass is 16.3. The highest BCUT2D eigenvalue weighted by molar-refractivity contribution is 6.21. The Balaban J connectivity index is 1.55. The average molecular weight is 374 g/mol. The van der Waals surface area contributed by atoms with Gasteiger partial charge in [0.25, 0.3) is 0 Å². The quantitative estimate of drug-likeness (QED) is 0.547. The van der Waals surface area contributed by atoms with Crippen molar-refractivity contribution in [1.29, 1.82) is 0 Å². The molecule has 0 spiro atoms. The van der Waals surface area contributed by atoms with E-state index < -0.39 is 0 Å². The lowest BCUT2D eigenvalue weighted by Gasteiger charge is -2.04. The lowest BCUT2D eigenvalue weighted by Crippen LogP contribution is -2.06. The molecule has 3 aromatic rings. The Labute approximate surface area is 161 Å². The Morgan fingerprint density at radius 3 is 2.89 bits per heavy atom. The molecule has 4 N–H and O–H groups in total. The second-order valence-corrected chi connectivity index (χ2v) is 6.30. The van der Waals surface area contributed by atoms with Crippen molar-refractivity contribution in [2.24, 2.45) is 4.99 Å². The molecule has 0 radical (unpaired) electrons. The predicted molar refractivity (Wildman–Crippen MR) is 109 cm³/mol. The maximum atomic E-state index is 11.3. The minimum Gasteiger partial charge on any atom is -0.492 e. The van der Waals surface area contributed by atoms with Crippen molar-refractivity contribution in [3.63, 3.8) is 0 Å². The van der Waals surface area contributed by atoms with Gasteiger partial charge in [0.1, 0.15) is 5.69 Å². The number of aromatic hydroxyl groups is 1. The summed E-state index contributed by atoms with van der Waals surface area (Å²) in [6.07, 6.45) is 4.96. The van der Waals surface area contributed by atoms with Crippen LogP contribution < -0.4 is 10.6 Å². The van der Waals surface area contributed by atoms with E-state index in [1.54, 1.807) is 24.6 Å². The SMILES string of the molecule is CC(=O)Nc1cnc2c(c1)/C(=C/c1[nH]c(NCc3ccccc3)nc1O)C=N2. The number of anilines is 2. The van der Waals surface area contributed by atoms with Gasteiger partial charge in [0, 0.05) is 30.8 Å². The molecule has 1 aliphatic rings. The van der Waals surface area contributed by atoms with E-state index in [0.29, 0.717) is 29.7 Å². The number of hydrogen-bond donors (Lipinski definition) is 4. The van der Waals surface area contributed by atoms with Crippen LogP contribution in [-0.2, 0) is 11.3 Å². The summed E-state index contributed by atoms with van der Waals surface area (Å²) in [6.45, 7) is 2.02. The molecule has 0 atom stereocenters. The molecule has 4 rings (SSSR count). The fourth-order valence-corrected chi connectivity index (χ4v) is 2.86. The number of nitrogens with one attached hydrogen (secondary N) is 3. The molecular formula is C20H18N6O2. The normalized spacial score (nSPS) is 13.5. The largest absolute Gasteiger partial charge is 0.492 e. The van der Waals surface area contributed by atoms with E-state index in [1.165, 1.54) is 6.92 Å². The second kappa shape index (κ2) is 7.36. The molecule has 8 nitrogen and oxygen atoms in total. The molecule has 0 saturated heterocycles. The summed E-state index contributed by atoms with van der Waals surface area (Å²) < 4.78 is 0. The van der Waals surface area contributed by atoms with Crippen LogP contribution in [0.5, 0.6) is 5.88 Å². The van der Waals surface area contributed by atoms with Gasteiger partial charge in [-0.25, -0.2) is 9.98 Å². The molecule has 3 heterocycles. The van der Waals surface area contributed by atoms with Gasteiger partial charge in [0.15, 0.2) is 5.82 Å². The zero-order chi connectivity index (χ0) is 19.5. The molecule has 0 bridgehead atoms. The van der Waals surface area contributed by atoms with Crippen molar-refractivity contribution in [2.75, 3.05) is 10.6 Å². The van der Waals surface area contributed by atoms with Crippen molar-refractivity contribution < 1.29 is 9.90 Å². The fourth-order valence-electron chi connectivity index (χ4n) is 2.86. The number of aromatic amines is 1. The predicted octanol–water partition coefficient (Wildman–Crippen LogP) is 3.34. The molecule has 2 aromatic heterocycles. The molecule has 0 unspecified atom stereocenters. The van der Waals surface area contributed by atoms with Crippen LogP contribution in [0.25, 0.3) is 11.6 Å². The van der Waals surface area contributed by atoms with Gasteiger partial charge in [-0.05, 0) is 17.7 Å². The smallest absolute Gasteiger partial charge is 0.238 e. The number of nitrogens with zero attached hydrogens (tertiary/aromatic N) is 3. The van der Waals surface area contributed by atoms with Crippen LogP contribution in [0.2, 0.25) is 0 Å². The summed E-state index contributed by atoms with van der Waals surface area (Å²) >= 11 is 0. The first kappa shape index (κ1) is 17.5. The number of hydrogen-bond acceptors (Lipinski definition) is 6. The Morgan fingerprint density at radius 1 is 1.29 bits per heavy atom. The van der Waals surface area contributed by atoms with Crippen molar-refractivity contribution in [2.45, 2.75) is 13.5 Å². The van der Waals surface area contributed by atoms with Gasteiger partial charge in [0.05, 0.1) is 11.9 Å². The van der Waals surface area contributed by atoms with Crippen molar-refractivity contribution in [3.05, 3.63) is 59.4 Å². The molecular weight excluding hydrogens is 356 g/mol. The van der Waals surface area contributed by atoms with Gasteiger partial charge in [0.2, 0.25) is 17.7 Å². The molecule has 1 amide bonds. The summed E-state index contributed by atoms with van der Waals surface area (Å²) in [5, 5.41) is 16.0. The highest BCUT2D eigenvalue weighted by Crippen LogP contribution is 2.33. The van der Waals surface area contributed by atoms with Gasteiger partial charge < -0.3 is 20.7 Å². The third-order valence-electron chi connectivity index (χ3n) is 4.14. The number of aliphatic imine (C=N–C) groups is 1. The fraction of sp³-hybridized carbons (Fsp3) is 0.100. The zero-order valence-electron chi connectivity index (χ0n) is 15.1. The number of amides is 1. The summed E-state index contributed by atoms with van der Waals surface area (Å²) in [7, 11) is 0. The molecule has 1 aromatic carbocycles. The number of imidazole rings is 1. The third-order valence-corrected chi connectivity index (χ3v) is 4.14. The Bertz CT molecular complexity index is 1090. The zero-order valence-corrected chi connectivity index (χ0v) is 15.1. The van der Waals surface area contributed by atoms with E-state index in [0.717, 1.165) is 16.7 Å². The summed E-state index contributed by atoms with van der Waals surface area (Å²) in [6, 6.07) is 11.7. The number of benzene rings is 1. The number of carbonyl (C=O) groups excluding carboxylic acids is 1. The van der Waals surface area contributed by atoms with E-state index in [1.807, 2.05) is 30.3 Å². The number of carbonyl (C=O) groups is 1. The first-order valence-electron chi connectivity index (χ1n) is 8.69. The molecule has 0 fully saturated rings. The van der Waals surface area contributed by atoms with Crippen LogP contribution in [0, 0.1) is 0 Å². The van der Waals surface area contributed by atoms with E-state index in [9.17, 15) is 9.90 Å². The van der Waals surface area contributed by atoms with E-state index >= 15 is 0 Å². The second-order valence-electron chi connectivity index (χ2n) is 6.30. The molecule has 0 aliphatic carbocycles. The number of H-pyrrole nitrogens is 1. The minimum absolute atomic E-state index is 0.115. The van der Waals surface area contributed by atoms with Crippen molar-refractivity contribution in [3.8, 4) is 5.88 Å². The number of allylic oxidation sites excluding steroid dienone is 1. The lowest BCUT2D eigenvalue weighted by molar-refractivity contribution is -0.114. The Kier molecular flexibility index (Phi) is 4.59. The monoisotopic (exact) mass is 374 g/mol. The summed E-state index contributed by atoms with van der Waals surface area (Å²) in [4.78, 5) is 26.9. The molecule has 28 heavy (non-hydrogen) atoms. The number of fused-ring (bicyclic) bond motifs is 1. The maximum Gasteiger partial charge on any atom is 0.238 e. The van der Waals surface area contributed by atoms with Crippen LogP contribution >= 0.6 is 0 Å². The van der Waals surface area contributed by atoms with Crippen LogP contribution in [-0.4, -0.2) is 32.2 Å². The summed E-state index contributed by atoms with van der Waals surface area (Å²) in [5.74, 6) is 0.734. The highest BCUT2D eigenvalue weighted by Gasteiger charge is 2.16. The topological polar surface area (TPSA) is 115 Å². The minimum atomic E-state index is -0.175. The van der Waals surface area contributed by atoms with E-state index in [-0.39, 0.29) is 11.8 Å². The van der Waals surface area contributed by atoms with Gasteiger partial charge in [-0.15, -0.1) is 0 Å². The van der Waals surface area contributed by atoms with Crippen molar-refractivity contribution >= 4 is 41.2 Å². The standard InChI is InChI=1S/C20H18N6O2/c1-12(27)24-15-8-16-14(10-21-18(16)22-11-15)7-17-19(28)26-20(25-17)23-9-13-5-3-2-4-6-13/h2-8,10-11,28H,9H2,1H3,(H,24,27)(H2,23,25,26)/b14-7+. The number of pyridine rings is 1. The Morgan fingerprint density at radius 2 is 2.11 bits per heavy atom. The van der Waals surface area contributed by atoms with Crippen molar-refractivity contribution in [1.82, 2.24) is 15.0 Å². The third kappa shape index (κ3) is 3.75. The molecule has 8 heteroatoms. The molecule has 0 saturated carbocycles. The maximum absolute atomic E-state index is 11.3. The molecule has 140 valence electrons. The summed E-state index contributed by atoms with van der Waals surface area (Å²) in [5.41, 5.74) is 3.66. The van der Waals surface area contributed by atoms with E-state index in [4.69, 9.17) is 0 Å². The van der Waals surface area contributed by atoms with Crippen LogP contribution in [0.3, 0.4) is 0 Å². The lowest BCUT2D eigenvalue weighted by atomic mass is 10.1. The van der Waals surface area contributed by atoms with Crippen LogP contribution in [0.15, 0.2) is 47.6 Å². The van der Waals surface area contributed by atoms with Crippen LogP contribution in [0.4, 0.5) is 17.5 Å². The average Bonchev–Trinajstić information content (AvgIpc) is 3.24. The van der Waals surface area contributed by atoms with Gasteiger partial charge >= 0.3 is 0 Å². The van der Waals surface area contributed by atoms with Gasteiger partial charge in [-0.1, -0.05) is 30.3 Å². The van der Waals surface area contributed by atoms with Crippen LogP contribution in [0.1, 0.15) is 23.7 Å². The first-order valence-corrected chi connectivity index (χ1v) is 8.69.